The third-order valence-corrected chi connectivity index (χ3v) is 2.92. The van der Waals surface area contributed by atoms with Gasteiger partial charge in [-0.25, -0.2) is 0 Å². The molecule has 0 fully saturated rings. The van der Waals surface area contributed by atoms with Gasteiger partial charge in [0.15, 0.2) is 0 Å². The molecule has 18 heavy (non-hydrogen) atoms. The van der Waals surface area contributed by atoms with E-state index >= 15 is 0 Å². The summed E-state index contributed by atoms with van der Waals surface area (Å²) in [5, 5.41) is 9.21. The number of anilines is 1. The highest BCUT2D eigenvalue weighted by Gasteiger charge is 2.09. The normalized spacial score (nSPS) is 10.3. The maximum atomic E-state index is 9.21. The Morgan fingerprint density at radius 1 is 1.17 bits per heavy atom. The zero-order chi connectivity index (χ0) is 12.8. The van der Waals surface area contributed by atoms with Crippen LogP contribution in [-0.4, -0.2) is 23.2 Å². The maximum Gasteiger partial charge on any atom is 0.0606 e. The third kappa shape index (κ3) is 3.08. The molecule has 0 unspecified atom stereocenters. The van der Waals surface area contributed by atoms with E-state index in [9.17, 15) is 5.11 Å². The molecule has 0 aliphatic carbocycles. The summed E-state index contributed by atoms with van der Waals surface area (Å²) in [5.74, 6) is 0. The average molecular weight is 242 g/mol. The number of pyridine rings is 1. The van der Waals surface area contributed by atoms with Gasteiger partial charge < -0.3 is 10.0 Å². The molecule has 0 saturated heterocycles. The van der Waals surface area contributed by atoms with Crippen molar-refractivity contribution in [3.05, 3.63) is 59.9 Å². The first-order valence-electron chi connectivity index (χ1n) is 6.11. The van der Waals surface area contributed by atoms with Crippen LogP contribution < -0.4 is 4.90 Å². The van der Waals surface area contributed by atoms with Crippen molar-refractivity contribution in [2.45, 2.75) is 13.5 Å². The molecular formula is C15H18N2O. The first-order chi connectivity index (χ1) is 8.81. The molecule has 0 amide bonds. The highest BCUT2D eigenvalue weighted by Crippen LogP contribution is 2.20. The van der Waals surface area contributed by atoms with E-state index in [0.29, 0.717) is 6.54 Å². The topological polar surface area (TPSA) is 36.4 Å². The van der Waals surface area contributed by atoms with E-state index in [0.717, 1.165) is 17.8 Å². The fourth-order valence-electron chi connectivity index (χ4n) is 2.03. The Bertz CT molecular complexity index is 485. The number of aliphatic hydroxyl groups is 1. The minimum absolute atomic E-state index is 0.147. The SMILES string of the molecule is Cc1cnccc1N(CCO)Cc1ccccc1. The first kappa shape index (κ1) is 12.6. The summed E-state index contributed by atoms with van der Waals surface area (Å²) in [6.07, 6.45) is 3.64. The lowest BCUT2D eigenvalue weighted by molar-refractivity contribution is 0.301. The monoisotopic (exact) mass is 242 g/mol. The minimum Gasteiger partial charge on any atom is -0.395 e. The van der Waals surface area contributed by atoms with Crippen molar-refractivity contribution in [3.63, 3.8) is 0 Å². The number of hydrogen-bond donors (Lipinski definition) is 1. The fourth-order valence-corrected chi connectivity index (χ4v) is 2.03. The van der Waals surface area contributed by atoms with Gasteiger partial charge in [0.05, 0.1) is 6.61 Å². The molecule has 1 N–H and O–H groups in total. The van der Waals surface area contributed by atoms with Crippen molar-refractivity contribution in [3.8, 4) is 0 Å². The third-order valence-electron chi connectivity index (χ3n) is 2.92. The van der Waals surface area contributed by atoms with Gasteiger partial charge >= 0.3 is 0 Å². The van der Waals surface area contributed by atoms with Crippen molar-refractivity contribution < 1.29 is 5.11 Å². The molecule has 3 nitrogen and oxygen atoms in total. The van der Waals surface area contributed by atoms with Crippen LogP contribution in [0.5, 0.6) is 0 Å². The zero-order valence-electron chi connectivity index (χ0n) is 10.6. The lowest BCUT2D eigenvalue weighted by Crippen LogP contribution is -2.26. The molecule has 0 bridgehead atoms. The predicted octanol–water partition coefficient (Wildman–Crippen LogP) is 2.39. The molecule has 1 aromatic heterocycles. The van der Waals surface area contributed by atoms with Gasteiger partial charge in [-0.15, -0.1) is 0 Å². The summed E-state index contributed by atoms with van der Waals surface area (Å²) in [6.45, 7) is 3.61. The predicted molar refractivity (Wildman–Crippen MR) is 73.6 cm³/mol. The summed E-state index contributed by atoms with van der Waals surface area (Å²) in [5.41, 5.74) is 3.49. The molecule has 0 aliphatic rings. The Morgan fingerprint density at radius 3 is 2.61 bits per heavy atom. The molecule has 0 aliphatic heterocycles. The number of benzene rings is 1. The number of aryl methyl sites for hydroxylation is 1. The maximum absolute atomic E-state index is 9.21. The lowest BCUT2D eigenvalue weighted by atomic mass is 10.1. The molecule has 1 heterocycles. The molecule has 0 radical (unpaired) electrons. The smallest absolute Gasteiger partial charge is 0.0606 e. The average Bonchev–Trinajstić information content (AvgIpc) is 2.40. The summed E-state index contributed by atoms with van der Waals surface area (Å²) in [4.78, 5) is 6.28. The number of rotatable bonds is 5. The van der Waals surface area contributed by atoms with Crippen LogP contribution >= 0.6 is 0 Å². The van der Waals surface area contributed by atoms with Gasteiger partial charge in [-0.05, 0) is 24.1 Å². The van der Waals surface area contributed by atoms with Crippen molar-refractivity contribution in [1.29, 1.82) is 0 Å². The highest BCUT2D eigenvalue weighted by atomic mass is 16.3. The molecule has 2 rings (SSSR count). The Labute approximate surface area is 108 Å². The fraction of sp³-hybridized carbons (Fsp3) is 0.267. The van der Waals surface area contributed by atoms with Crippen molar-refractivity contribution in [2.75, 3.05) is 18.1 Å². The van der Waals surface area contributed by atoms with E-state index in [1.807, 2.05) is 37.4 Å². The van der Waals surface area contributed by atoms with Crippen LogP contribution in [0.15, 0.2) is 48.8 Å². The quantitative estimate of drug-likeness (QED) is 0.874. The van der Waals surface area contributed by atoms with Gasteiger partial charge in [0.25, 0.3) is 0 Å². The van der Waals surface area contributed by atoms with Crippen LogP contribution in [0.3, 0.4) is 0 Å². The van der Waals surface area contributed by atoms with E-state index in [2.05, 4.69) is 22.0 Å². The summed E-state index contributed by atoms with van der Waals surface area (Å²) < 4.78 is 0. The van der Waals surface area contributed by atoms with E-state index in [1.165, 1.54) is 5.56 Å². The first-order valence-corrected chi connectivity index (χ1v) is 6.11. The molecule has 1 aromatic carbocycles. The van der Waals surface area contributed by atoms with Crippen LogP contribution in [0.25, 0.3) is 0 Å². The van der Waals surface area contributed by atoms with Crippen LogP contribution in [0, 0.1) is 6.92 Å². The second-order valence-electron chi connectivity index (χ2n) is 4.29. The van der Waals surface area contributed by atoms with Gasteiger partial charge in [-0.3, -0.25) is 4.98 Å². The number of nitrogens with zero attached hydrogens (tertiary/aromatic N) is 2. The number of aromatic nitrogens is 1. The van der Waals surface area contributed by atoms with E-state index in [1.54, 1.807) is 6.20 Å². The van der Waals surface area contributed by atoms with Crippen molar-refractivity contribution >= 4 is 5.69 Å². The second kappa shape index (κ2) is 6.17. The Balaban J connectivity index is 2.21. The largest absolute Gasteiger partial charge is 0.395 e. The van der Waals surface area contributed by atoms with E-state index in [-0.39, 0.29) is 6.61 Å². The molecule has 0 saturated carbocycles. The van der Waals surface area contributed by atoms with Gasteiger partial charge in [0.2, 0.25) is 0 Å². The van der Waals surface area contributed by atoms with Gasteiger partial charge in [-0.2, -0.15) is 0 Å². The molecule has 3 heteroatoms. The van der Waals surface area contributed by atoms with Crippen LogP contribution in [-0.2, 0) is 6.54 Å². The Morgan fingerprint density at radius 2 is 1.94 bits per heavy atom. The number of aliphatic hydroxyl groups excluding tert-OH is 1. The molecule has 0 spiro atoms. The van der Waals surface area contributed by atoms with E-state index in [4.69, 9.17) is 0 Å². The summed E-state index contributed by atoms with van der Waals surface area (Å²) in [7, 11) is 0. The highest BCUT2D eigenvalue weighted by molar-refractivity contribution is 5.51. The van der Waals surface area contributed by atoms with Crippen molar-refractivity contribution in [2.24, 2.45) is 0 Å². The lowest BCUT2D eigenvalue weighted by Gasteiger charge is -2.25. The summed E-state index contributed by atoms with van der Waals surface area (Å²) >= 11 is 0. The zero-order valence-corrected chi connectivity index (χ0v) is 10.6. The van der Waals surface area contributed by atoms with Gasteiger partial charge in [0, 0.05) is 31.2 Å². The Hall–Kier alpha value is -1.87. The molecule has 94 valence electrons. The van der Waals surface area contributed by atoms with Gasteiger partial charge in [0.1, 0.15) is 0 Å². The van der Waals surface area contributed by atoms with Crippen LogP contribution in [0.1, 0.15) is 11.1 Å². The minimum atomic E-state index is 0.147. The van der Waals surface area contributed by atoms with Crippen LogP contribution in [0.4, 0.5) is 5.69 Å². The Kier molecular flexibility index (Phi) is 4.31. The van der Waals surface area contributed by atoms with Gasteiger partial charge in [-0.1, -0.05) is 30.3 Å². The number of hydrogen-bond acceptors (Lipinski definition) is 3. The van der Waals surface area contributed by atoms with Crippen LogP contribution in [0.2, 0.25) is 0 Å². The summed E-state index contributed by atoms with van der Waals surface area (Å²) in [6, 6.07) is 12.3. The second-order valence-corrected chi connectivity index (χ2v) is 4.29. The standard InChI is InChI=1S/C15H18N2O/c1-13-11-16-8-7-15(13)17(9-10-18)12-14-5-3-2-4-6-14/h2-8,11,18H,9-10,12H2,1H3. The van der Waals surface area contributed by atoms with Crippen molar-refractivity contribution in [1.82, 2.24) is 4.98 Å². The van der Waals surface area contributed by atoms with E-state index < -0.39 is 0 Å². The molecule has 2 aromatic rings. The molecular weight excluding hydrogens is 224 g/mol. The molecule has 0 atom stereocenters.